The minimum Gasteiger partial charge on any atom is -0.497 e. The van der Waals surface area contributed by atoms with Crippen molar-refractivity contribution in [2.75, 3.05) is 18.2 Å². The molecule has 0 radical (unpaired) electrons. The largest absolute Gasteiger partial charge is 0.497 e. The molecular weight excluding hydrogens is 358 g/mol. The van der Waals surface area contributed by atoms with E-state index < -0.39 is 0 Å². The summed E-state index contributed by atoms with van der Waals surface area (Å²) in [4.78, 5) is 16.9. The molecule has 0 saturated carbocycles. The molecule has 3 aromatic rings. The number of amidine groups is 1. The van der Waals surface area contributed by atoms with E-state index in [4.69, 9.17) is 4.74 Å². The lowest BCUT2D eigenvalue weighted by atomic mass is 10.1. The van der Waals surface area contributed by atoms with Crippen molar-refractivity contribution in [3.63, 3.8) is 0 Å². The van der Waals surface area contributed by atoms with Gasteiger partial charge in [-0.15, -0.1) is 0 Å². The lowest BCUT2D eigenvalue weighted by Crippen LogP contribution is -2.26. The van der Waals surface area contributed by atoms with Gasteiger partial charge in [0.25, 0.3) is 0 Å². The van der Waals surface area contributed by atoms with Crippen molar-refractivity contribution in [1.29, 1.82) is 0 Å². The van der Waals surface area contributed by atoms with E-state index in [1.807, 2.05) is 48.5 Å². The fourth-order valence-corrected chi connectivity index (χ4v) is 3.72. The molecule has 2 N–H and O–H groups in total. The van der Waals surface area contributed by atoms with Crippen LogP contribution < -0.4 is 15.4 Å². The minimum absolute atomic E-state index is 0.0376. The van der Waals surface area contributed by atoms with Gasteiger partial charge in [-0.05, 0) is 35.2 Å². The number of amides is 1. The zero-order valence-corrected chi connectivity index (χ0v) is 15.7. The van der Waals surface area contributed by atoms with E-state index in [9.17, 15) is 4.79 Å². The number of methoxy groups -OCH3 is 1. The third kappa shape index (κ3) is 3.90. The van der Waals surface area contributed by atoms with E-state index in [1.54, 1.807) is 7.11 Å². The average Bonchev–Trinajstić information content (AvgIpc) is 2.71. The van der Waals surface area contributed by atoms with Crippen molar-refractivity contribution < 1.29 is 9.53 Å². The van der Waals surface area contributed by atoms with E-state index in [0.29, 0.717) is 12.3 Å². The Morgan fingerprint density at radius 2 is 1.96 bits per heavy atom. The number of ether oxygens (including phenoxy) is 1. The van der Waals surface area contributed by atoms with Gasteiger partial charge in [0.05, 0.1) is 24.2 Å². The SMILES string of the molecule is COc1cccc(CNC(=O)CSC2=Nc3cccc4cccc(c34)N2)c1. The molecule has 1 heterocycles. The van der Waals surface area contributed by atoms with Crippen LogP contribution in [-0.4, -0.2) is 23.9 Å². The molecule has 5 nitrogen and oxygen atoms in total. The van der Waals surface area contributed by atoms with E-state index >= 15 is 0 Å². The molecule has 0 atom stereocenters. The van der Waals surface area contributed by atoms with Crippen molar-refractivity contribution in [2.45, 2.75) is 6.54 Å². The minimum atomic E-state index is -0.0376. The van der Waals surface area contributed by atoms with Crippen molar-refractivity contribution >= 4 is 45.0 Å². The number of hydrogen-bond donors (Lipinski definition) is 2. The molecule has 1 aliphatic heterocycles. The zero-order chi connectivity index (χ0) is 18.6. The smallest absolute Gasteiger partial charge is 0.230 e. The van der Waals surface area contributed by atoms with Gasteiger partial charge in [0, 0.05) is 11.9 Å². The molecule has 27 heavy (non-hydrogen) atoms. The second-order valence-corrected chi connectivity index (χ2v) is 7.10. The summed E-state index contributed by atoms with van der Waals surface area (Å²) in [6, 6.07) is 19.9. The number of nitrogens with zero attached hydrogens (tertiary/aromatic N) is 1. The molecule has 136 valence electrons. The number of aliphatic imine (C=N–C) groups is 1. The van der Waals surface area contributed by atoms with Crippen molar-refractivity contribution in [1.82, 2.24) is 5.32 Å². The molecule has 0 bridgehead atoms. The molecule has 0 aliphatic carbocycles. The number of benzene rings is 3. The highest BCUT2D eigenvalue weighted by Crippen LogP contribution is 2.36. The quantitative estimate of drug-likeness (QED) is 0.695. The second kappa shape index (κ2) is 7.72. The molecule has 6 heteroatoms. The lowest BCUT2D eigenvalue weighted by Gasteiger charge is -2.18. The Kier molecular flexibility index (Phi) is 4.98. The second-order valence-electron chi connectivity index (χ2n) is 6.14. The first kappa shape index (κ1) is 17.4. The normalized spacial score (nSPS) is 12.3. The van der Waals surface area contributed by atoms with Crippen LogP contribution >= 0.6 is 11.8 Å². The molecule has 1 aliphatic rings. The van der Waals surface area contributed by atoms with Gasteiger partial charge in [0.15, 0.2) is 5.17 Å². The van der Waals surface area contributed by atoms with Crippen molar-refractivity contribution in [3.05, 3.63) is 66.2 Å². The van der Waals surface area contributed by atoms with Crippen LogP contribution in [0.1, 0.15) is 5.56 Å². The molecule has 0 saturated heterocycles. The standard InChI is InChI=1S/C21H19N3O2S/c1-26-16-8-2-5-14(11-16)12-22-19(25)13-27-21-23-17-9-3-6-15-7-4-10-18(24-21)20(15)17/h2-11H,12-13H2,1H3,(H,22,25)(H,23,24). The first-order chi connectivity index (χ1) is 13.2. The predicted molar refractivity (Wildman–Crippen MR) is 112 cm³/mol. The van der Waals surface area contributed by atoms with E-state index in [1.165, 1.54) is 11.8 Å². The van der Waals surface area contributed by atoms with E-state index in [-0.39, 0.29) is 5.91 Å². The highest BCUT2D eigenvalue weighted by atomic mass is 32.2. The summed E-state index contributed by atoms with van der Waals surface area (Å²) in [5, 5.41) is 9.26. The van der Waals surface area contributed by atoms with Crippen molar-refractivity contribution in [2.24, 2.45) is 4.99 Å². The monoisotopic (exact) mass is 377 g/mol. The average molecular weight is 377 g/mol. The number of hydrogen-bond acceptors (Lipinski definition) is 5. The number of anilines is 1. The van der Waals surface area contributed by atoms with Crippen LogP contribution in [-0.2, 0) is 11.3 Å². The van der Waals surface area contributed by atoms with Gasteiger partial charge in [-0.2, -0.15) is 0 Å². The number of nitrogens with one attached hydrogen (secondary N) is 2. The number of carbonyl (C=O) groups excluding carboxylic acids is 1. The number of rotatable bonds is 5. The third-order valence-electron chi connectivity index (χ3n) is 4.31. The Balaban J connectivity index is 1.37. The summed E-state index contributed by atoms with van der Waals surface area (Å²) in [7, 11) is 1.63. The van der Waals surface area contributed by atoms with Crippen LogP contribution in [0.2, 0.25) is 0 Å². The summed E-state index contributed by atoms with van der Waals surface area (Å²) >= 11 is 1.40. The maximum atomic E-state index is 12.2. The fraction of sp³-hybridized carbons (Fsp3) is 0.143. The van der Waals surface area contributed by atoms with Crippen LogP contribution in [0, 0.1) is 0 Å². The molecule has 0 aromatic heterocycles. The molecule has 3 aromatic carbocycles. The first-order valence-corrected chi connectivity index (χ1v) is 9.61. The number of carbonyl (C=O) groups is 1. The van der Waals surface area contributed by atoms with Gasteiger partial charge in [0.2, 0.25) is 5.91 Å². The van der Waals surface area contributed by atoms with Crippen LogP contribution in [0.5, 0.6) is 5.75 Å². The number of thioether (sulfide) groups is 1. The van der Waals surface area contributed by atoms with Gasteiger partial charge in [-0.3, -0.25) is 4.79 Å². The summed E-state index contributed by atoms with van der Waals surface area (Å²) in [5.74, 6) is 1.04. The van der Waals surface area contributed by atoms with Crippen molar-refractivity contribution in [3.8, 4) is 5.75 Å². The molecule has 4 rings (SSSR count). The Labute approximate surface area is 161 Å². The molecule has 0 spiro atoms. The fourth-order valence-electron chi connectivity index (χ4n) is 3.01. The zero-order valence-electron chi connectivity index (χ0n) is 14.9. The molecule has 0 fully saturated rings. The summed E-state index contributed by atoms with van der Waals surface area (Å²) in [6.45, 7) is 0.471. The van der Waals surface area contributed by atoms with Gasteiger partial charge < -0.3 is 15.4 Å². The highest BCUT2D eigenvalue weighted by Gasteiger charge is 2.15. The Bertz CT molecular complexity index is 1030. The summed E-state index contributed by atoms with van der Waals surface area (Å²) in [5.41, 5.74) is 2.96. The highest BCUT2D eigenvalue weighted by molar-refractivity contribution is 8.14. The van der Waals surface area contributed by atoms with E-state index in [2.05, 4.69) is 27.8 Å². The lowest BCUT2D eigenvalue weighted by molar-refractivity contribution is -0.118. The Hall–Kier alpha value is -2.99. The van der Waals surface area contributed by atoms with Crippen LogP contribution in [0.4, 0.5) is 11.4 Å². The molecular formula is C21H19N3O2S. The maximum absolute atomic E-state index is 12.2. The summed E-state index contributed by atoms with van der Waals surface area (Å²) < 4.78 is 5.20. The van der Waals surface area contributed by atoms with Crippen LogP contribution in [0.15, 0.2) is 65.7 Å². The predicted octanol–water partition coefficient (Wildman–Crippen LogP) is 4.31. The van der Waals surface area contributed by atoms with Gasteiger partial charge in [0.1, 0.15) is 5.75 Å². The Morgan fingerprint density at radius 3 is 2.81 bits per heavy atom. The first-order valence-electron chi connectivity index (χ1n) is 8.63. The maximum Gasteiger partial charge on any atom is 0.230 e. The third-order valence-corrected chi connectivity index (χ3v) is 5.18. The van der Waals surface area contributed by atoms with Gasteiger partial charge >= 0.3 is 0 Å². The van der Waals surface area contributed by atoms with Gasteiger partial charge in [-0.25, -0.2) is 4.99 Å². The van der Waals surface area contributed by atoms with Gasteiger partial charge in [-0.1, -0.05) is 48.2 Å². The Morgan fingerprint density at radius 1 is 1.15 bits per heavy atom. The summed E-state index contributed by atoms with van der Waals surface area (Å²) in [6.07, 6.45) is 0. The molecule has 0 unspecified atom stereocenters. The van der Waals surface area contributed by atoms with Crippen LogP contribution in [0.25, 0.3) is 10.8 Å². The topological polar surface area (TPSA) is 62.7 Å². The van der Waals surface area contributed by atoms with Crippen LogP contribution in [0.3, 0.4) is 0 Å². The van der Waals surface area contributed by atoms with E-state index in [0.717, 1.165) is 38.6 Å². The molecule has 1 amide bonds.